The van der Waals surface area contributed by atoms with E-state index < -0.39 is 5.92 Å². The van der Waals surface area contributed by atoms with Crippen LogP contribution in [0.2, 0.25) is 0 Å². The zero-order chi connectivity index (χ0) is 5.86. The molecule has 0 fully saturated rings. The van der Waals surface area contributed by atoms with Gasteiger partial charge in [0.05, 0.1) is 5.92 Å². The molecule has 3 N–H and O–H groups in total. The summed E-state index contributed by atoms with van der Waals surface area (Å²) in [6.07, 6.45) is 1.56. The molecular formula is C4H7N2O. The van der Waals surface area contributed by atoms with Gasteiger partial charge in [0.2, 0.25) is 6.29 Å². The topological polar surface area (TPSA) is 66.9 Å². The zero-order valence-electron chi connectivity index (χ0n) is 4.06. The number of nitrogens with one attached hydrogen (secondary N) is 1. The van der Waals surface area contributed by atoms with E-state index in [-0.39, 0.29) is 5.84 Å². The van der Waals surface area contributed by atoms with Gasteiger partial charge in [-0.15, -0.1) is 0 Å². The molecule has 0 rings (SSSR count). The van der Waals surface area contributed by atoms with Crippen LogP contribution in [0.3, 0.4) is 0 Å². The lowest BCUT2D eigenvalue weighted by molar-refractivity contribution is 0.546. The summed E-state index contributed by atoms with van der Waals surface area (Å²) in [5.74, 6) is -0.671. The lowest BCUT2D eigenvalue weighted by Gasteiger charge is -1.93. The molecule has 0 aromatic heterocycles. The third-order valence-corrected chi connectivity index (χ3v) is 0.643. The van der Waals surface area contributed by atoms with E-state index in [0.29, 0.717) is 0 Å². The second-order valence-electron chi connectivity index (χ2n) is 1.29. The molecule has 0 aliphatic heterocycles. The summed E-state index contributed by atoms with van der Waals surface area (Å²) in [7, 11) is 0. The fourth-order valence-electron chi connectivity index (χ4n) is 0.0635. The number of rotatable bonds is 2. The molecule has 0 amide bonds. The largest absolute Gasteiger partial charge is 0.387 e. The Bertz CT molecular complexity index is 89.7. The van der Waals surface area contributed by atoms with Gasteiger partial charge in [0.15, 0.2) is 0 Å². The van der Waals surface area contributed by atoms with Gasteiger partial charge < -0.3 is 5.73 Å². The number of carbonyl (C=O) groups excluding carboxylic acids is 1. The molecule has 0 aromatic carbocycles. The maximum Gasteiger partial charge on any atom is 0.209 e. The molecule has 39 valence electrons. The molecule has 1 atom stereocenters. The zero-order valence-corrected chi connectivity index (χ0v) is 4.06. The maximum absolute atomic E-state index is 9.60. The smallest absolute Gasteiger partial charge is 0.209 e. The molecule has 0 bridgehead atoms. The summed E-state index contributed by atoms with van der Waals surface area (Å²) in [5.41, 5.74) is 4.87. The van der Waals surface area contributed by atoms with Crippen LogP contribution in [-0.4, -0.2) is 12.1 Å². The van der Waals surface area contributed by atoms with Crippen LogP contribution in [0.15, 0.2) is 0 Å². The SMILES string of the molecule is CC([C]=O)C(=N)N. The van der Waals surface area contributed by atoms with Crippen molar-refractivity contribution in [3.63, 3.8) is 0 Å². The molecule has 3 nitrogen and oxygen atoms in total. The first-order chi connectivity index (χ1) is 3.18. The molecule has 1 unspecified atom stereocenters. The van der Waals surface area contributed by atoms with Crippen molar-refractivity contribution in [2.75, 3.05) is 0 Å². The van der Waals surface area contributed by atoms with E-state index in [9.17, 15) is 4.79 Å². The van der Waals surface area contributed by atoms with Crippen LogP contribution in [0.5, 0.6) is 0 Å². The Balaban J connectivity index is 3.55. The summed E-state index contributed by atoms with van der Waals surface area (Å²) in [6, 6.07) is 0. The van der Waals surface area contributed by atoms with Crippen LogP contribution in [-0.2, 0) is 4.79 Å². The Morgan fingerprint density at radius 3 is 2.43 bits per heavy atom. The van der Waals surface area contributed by atoms with Crippen LogP contribution in [0.4, 0.5) is 0 Å². The predicted octanol–water partition coefficient (Wildman–Crippen LogP) is -0.332. The van der Waals surface area contributed by atoms with E-state index in [2.05, 4.69) is 0 Å². The van der Waals surface area contributed by atoms with Crippen molar-refractivity contribution in [2.24, 2.45) is 11.7 Å². The second kappa shape index (κ2) is 2.34. The molecule has 0 saturated heterocycles. The van der Waals surface area contributed by atoms with Gasteiger partial charge in [-0.2, -0.15) is 0 Å². The van der Waals surface area contributed by atoms with Gasteiger partial charge in [-0.25, -0.2) is 0 Å². The van der Waals surface area contributed by atoms with Crippen LogP contribution in [0, 0.1) is 11.3 Å². The van der Waals surface area contributed by atoms with Gasteiger partial charge in [0.1, 0.15) is 5.84 Å². The van der Waals surface area contributed by atoms with Gasteiger partial charge in [-0.05, 0) is 6.92 Å². The van der Waals surface area contributed by atoms with E-state index in [4.69, 9.17) is 11.1 Å². The molecule has 3 heteroatoms. The van der Waals surface area contributed by atoms with Gasteiger partial charge >= 0.3 is 0 Å². The molecule has 0 aliphatic rings. The number of hydrogen-bond acceptors (Lipinski definition) is 2. The third-order valence-electron chi connectivity index (χ3n) is 0.643. The first-order valence-corrected chi connectivity index (χ1v) is 1.90. The monoisotopic (exact) mass is 99.1 g/mol. The average Bonchev–Trinajstić information content (AvgIpc) is 1.65. The summed E-state index contributed by atoms with van der Waals surface area (Å²) in [6.45, 7) is 1.52. The first-order valence-electron chi connectivity index (χ1n) is 1.90. The van der Waals surface area contributed by atoms with Gasteiger partial charge in [0, 0.05) is 0 Å². The normalized spacial score (nSPS) is 12.7. The summed E-state index contributed by atoms with van der Waals surface area (Å²) in [5, 5.41) is 6.62. The molecule has 0 aromatic rings. The maximum atomic E-state index is 9.60. The van der Waals surface area contributed by atoms with Crippen molar-refractivity contribution in [1.82, 2.24) is 0 Å². The Morgan fingerprint density at radius 2 is 2.43 bits per heavy atom. The number of nitrogens with two attached hydrogens (primary N) is 1. The minimum absolute atomic E-state index is 0.130. The van der Waals surface area contributed by atoms with Gasteiger partial charge in [-0.1, -0.05) is 0 Å². The third kappa shape index (κ3) is 1.92. The first kappa shape index (κ1) is 6.14. The molecule has 1 radical (unpaired) electrons. The Morgan fingerprint density at radius 1 is 2.00 bits per heavy atom. The summed E-state index contributed by atoms with van der Waals surface area (Å²) in [4.78, 5) is 9.60. The van der Waals surface area contributed by atoms with E-state index in [1.165, 1.54) is 6.92 Å². The number of hydrogen-bond donors (Lipinski definition) is 2. The van der Waals surface area contributed by atoms with Crippen molar-refractivity contribution >= 4 is 12.1 Å². The van der Waals surface area contributed by atoms with Crippen molar-refractivity contribution in [3.05, 3.63) is 0 Å². The average molecular weight is 99.1 g/mol. The van der Waals surface area contributed by atoms with Crippen LogP contribution >= 0.6 is 0 Å². The lowest BCUT2D eigenvalue weighted by atomic mass is 10.2. The molecular weight excluding hydrogens is 92.1 g/mol. The summed E-state index contributed by atoms with van der Waals surface area (Å²) < 4.78 is 0. The molecule has 0 aliphatic carbocycles. The van der Waals surface area contributed by atoms with Crippen LogP contribution in [0.25, 0.3) is 0 Å². The molecule has 7 heavy (non-hydrogen) atoms. The number of amidine groups is 1. The van der Waals surface area contributed by atoms with Crippen molar-refractivity contribution in [1.29, 1.82) is 5.41 Å². The van der Waals surface area contributed by atoms with Crippen LogP contribution in [0.1, 0.15) is 6.92 Å². The van der Waals surface area contributed by atoms with Crippen molar-refractivity contribution < 1.29 is 4.79 Å². The second-order valence-corrected chi connectivity index (χ2v) is 1.29. The Hall–Kier alpha value is -0.860. The predicted molar refractivity (Wildman–Crippen MR) is 26.8 cm³/mol. The Labute approximate surface area is 42.0 Å². The standard InChI is InChI=1S/C4H7N2O/c1-3(2-7)4(5)6/h3H,1H3,(H3,5,6). The molecule has 0 saturated carbocycles. The highest BCUT2D eigenvalue weighted by Gasteiger charge is 2.00. The van der Waals surface area contributed by atoms with E-state index in [0.717, 1.165) is 0 Å². The minimum Gasteiger partial charge on any atom is -0.387 e. The fourth-order valence-corrected chi connectivity index (χ4v) is 0.0635. The van der Waals surface area contributed by atoms with Crippen molar-refractivity contribution in [2.45, 2.75) is 6.92 Å². The quantitative estimate of drug-likeness (QED) is 0.367. The van der Waals surface area contributed by atoms with E-state index >= 15 is 0 Å². The van der Waals surface area contributed by atoms with Crippen LogP contribution < -0.4 is 5.73 Å². The highest BCUT2D eigenvalue weighted by atomic mass is 16.1. The van der Waals surface area contributed by atoms with Crippen molar-refractivity contribution in [3.8, 4) is 0 Å². The highest BCUT2D eigenvalue weighted by Crippen LogP contribution is 1.83. The fraction of sp³-hybridized carbons (Fsp3) is 0.500. The molecule has 0 spiro atoms. The van der Waals surface area contributed by atoms with Gasteiger partial charge in [-0.3, -0.25) is 10.2 Å². The molecule has 0 heterocycles. The Kier molecular flexibility index (Phi) is 2.05. The highest BCUT2D eigenvalue weighted by molar-refractivity contribution is 5.92. The summed E-state index contributed by atoms with van der Waals surface area (Å²) >= 11 is 0. The van der Waals surface area contributed by atoms with E-state index in [1.807, 2.05) is 0 Å². The van der Waals surface area contributed by atoms with Gasteiger partial charge in [0.25, 0.3) is 0 Å². The lowest BCUT2D eigenvalue weighted by Crippen LogP contribution is -2.20. The minimum atomic E-state index is -0.542. The van der Waals surface area contributed by atoms with E-state index in [1.54, 1.807) is 6.29 Å².